The molecule has 1 amide bonds. The number of rotatable bonds is 4. The Morgan fingerprint density at radius 2 is 1.92 bits per heavy atom. The van der Waals surface area contributed by atoms with Crippen molar-refractivity contribution >= 4 is 38.4 Å². The zero-order chi connectivity index (χ0) is 17.1. The number of hydrogen-bond acceptors (Lipinski definition) is 3. The molecule has 0 saturated carbocycles. The van der Waals surface area contributed by atoms with Crippen molar-refractivity contribution in [3.8, 4) is 5.75 Å². The smallest absolute Gasteiger partial charge is 0.244 e. The van der Waals surface area contributed by atoms with Crippen LogP contribution in [0.25, 0.3) is 10.9 Å². The average molecular weight is 387 g/mol. The normalized spacial score (nSPS) is 10.6. The quantitative estimate of drug-likeness (QED) is 0.747. The van der Waals surface area contributed by atoms with Crippen molar-refractivity contribution in [3.05, 3.63) is 69.4 Å². The second kappa shape index (κ2) is 6.88. The molecular weight excluding hydrogens is 372 g/mol. The van der Waals surface area contributed by atoms with Crippen LogP contribution in [-0.2, 0) is 11.3 Å². The SMILES string of the molecule is COc1ccc(NC(=O)Cn2ccc(=O)c3cc(Br)ccc32)cc1. The van der Waals surface area contributed by atoms with Gasteiger partial charge in [0.2, 0.25) is 5.91 Å². The van der Waals surface area contributed by atoms with E-state index in [0.717, 1.165) is 15.7 Å². The topological polar surface area (TPSA) is 60.3 Å². The summed E-state index contributed by atoms with van der Waals surface area (Å²) in [4.78, 5) is 24.3. The molecule has 0 aliphatic heterocycles. The lowest BCUT2D eigenvalue weighted by Gasteiger charge is -2.11. The number of amides is 1. The van der Waals surface area contributed by atoms with Gasteiger partial charge in [0.05, 0.1) is 12.6 Å². The molecule has 0 aliphatic rings. The fourth-order valence-electron chi connectivity index (χ4n) is 2.45. The number of methoxy groups -OCH3 is 1. The Labute approximate surface area is 147 Å². The van der Waals surface area contributed by atoms with Crippen LogP contribution >= 0.6 is 15.9 Å². The largest absolute Gasteiger partial charge is 0.497 e. The minimum Gasteiger partial charge on any atom is -0.497 e. The summed E-state index contributed by atoms with van der Waals surface area (Å²) in [6.07, 6.45) is 1.63. The van der Waals surface area contributed by atoms with Crippen LogP contribution in [0.4, 0.5) is 5.69 Å². The molecule has 0 atom stereocenters. The number of anilines is 1. The number of carbonyl (C=O) groups is 1. The lowest BCUT2D eigenvalue weighted by atomic mass is 10.2. The minimum absolute atomic E-state index is 0.0712. The van der Waals surface area contributed by atoms with E-state index < -0.39 is 0 Å². The van der Waals surface area contributed by atoms with Gasteiger partial charge in [-0.2, -0.15) is 0 Å². The molecule has 1 N–H and O–H groups in total. The highest BCUT2D eigenvalue weighted by Gasteiger charge is 2.08. The summed E-state index contributed by atoms with van der Waals surface area (Å²) in [5, 5.41) is 3.40. The summed E-state index contributed by atoms with van der Waals surface area (Å²) in [6.45, 7) is 0.116. The van der Waals surface area contributed by atoms with E-state index in [2.05, 4.69) is 21.2 Å². The molecule has 0 unspecified atom stereocenters. The van der Waals surface area contributed by atoms with Crippen LogP contribution in [0.2, 0.25) is 0 Å². The summed E-state index contributed by atoms with van der Waals surface area (Å²) >= 11 is 3.36. The van der Waals surface area contributed by atoms with Crippen LogP contribution in [0, 0.1) is 0 Å². The van der Waals surface area contributed by atoms with Crippen LogP contribution in [0.15, 0.2) is 64.0 Å². The fraction of sp³-hybridized carbons (Fsp3) is 0.111. The first-order chi connectivity index (χ1) is 11.6. The summed E-state index contributed by atoms with van der Waals surface area (Å²) in [6, 6.07) is 14.0. The van der Waals surface area contributed by atoms with E-state index in [1.165, 1.54) is 6.07 Å². The maximum absolute atomic E-state index is 12.3. The van der Waals surface area contributed by atoms with Crippen molar-refractivity contribution in [2.75, 3.05) is 12.4 Å². The Kier molecular flexibility index (Phi) is 4.66. The fourth-order valence-corrected chi connectivity index (χ4v) is 2.81. The van der Waals surface area contributed by atoms with Gasteiger partial charge in [-0.05, 0) is 42.5 Å². The molecule has 1 heterocycles. The molecule has 6 heteroatoms. The molecule has 1 aromatic heterocycles. The standard InChI is InChI=1S/C18H15BrN2O3/c1-24-14-5-3-13(4-6-14)20-18(23)11-21-9-8-17(22)15-10-12(19)2-7-16(15)21/h2-10H,11H2,1H3,(H,20,23). The van der Waals surface area contributed by atoms with Crippen molar-refractivity contribution in [1.82, 2.24) is 4.57 Å². The third kappa shape index (κ3) is 3.49. The second-order valence-corrected chi connectivity index (χ2v) is 6.16. The van der Waals surface area contributed by atoms with Crippen molar-refractivity contribution in [3.63, 3.8) is 0 Å². The van der Waals surface area contributed by atoms with E-state index in [-0.39, 0.29) is 17.9 Å². The summed E-state index contributed by atoms with van der Waals surface area (Å²) < 4.78 is 7.67. The number of fused-ring (bicyclic) bond motifs is 1. The van der Waals surface area contributed by atoms with E-state index in [1.807, 2.05) is 12.1 Å². The summed E-state index contributed by atoms with van der Waals surface area (Å²) in [5.74, 6) is 0.554. The number of benzene rings is 2. The van der Waals surface area contributed by atoms with Crippen LogP contribution in [0.3, 0.4) is 0 Å². The molecule has 3 aromatic rings. The van der Waals surface area contributed by atoms with E-state index in [0.29, 0.717) is 11.1 Å². The molecule has 0 saturated heterocycles. The molecule has 0 radical (unpaired) electrons. The van der Waals surface area contributed by atoms with Gasteiger partial charge in [0.15, 0.2) is 5.43 Å². The minimum atomic E-state index is -0.173. The Morgan fingerprint density at radius 1 is 1.17 bits per heavy atom. The highest BCUT2D eigenvalue weighted by molar-refractivity contribution is 9.10. The molecule has 24 heavy (non-hydrogen) atoms. The second-order valence-electron chi connectivity index (χ2n) is 5.25. The first kappa shape index (κ1) is 16.3. The molecule has 0 aliphatic carbocycles. The van der Waals surface area contributed by atoms with Gasteiger partial charge in [0.1, 0.15) is 12.3 Å². The van der Waals surface area contributed by atoms with E-state index in [9.17, 15) is 9.59 Å². The highest BCUT2D eigenvalue weighted by Crippen LogP contribution is 2.18. The van der Waals surface area contributed by atoms with E-state index in [1.54, 1.807) is 48.2 Å². The number of nitrogens with one attached hydrogen (secondary N) is 1. The highest BCUT2D eigenvalue weighted by atomic mass is 79.9. The van der Waals surface area contributed by atoms with E-state index in [4.69, 9.17) is 4.74 Å². The van der Waals surface area contributed by atoms with Gasteiger partial charge in [-0.3, -0.25) is 9.59 Å². The van der Waals surface area contributed by atoms with E-state index >= 15 is 0 Å². The lowest BCUT2D eigenvalue weighted by Crippen LogP contribution is -2.20. The molecule has 0 spiro atoms. The zero-order valence-corrected chi connectivity index (χ0v) is 14.5. The van der Waals surface area contributed by atoms with Gasteiger partial charge in [0, 0.05) is 27.8 Å². The number of pyridine rings is 1. The predicted octanol–water partition coefficient (Wildman–Crippen LogP) is 3.41. The number of nitrogens with zero attached hydrogens (tertiary/aromatic N) is 1. The third-order valence-corrected chi connectivity index (χ3v) is 4.12. The Balaban J connectivity index is 1.82. The molecule has 0 fully saturated rings. The van der Waals surface area contributed by atoms with Crippen molar-refractivity contribution in [2.24, 2.45) is 0 Å². The molecule has 3 rings (SSSR count). The maximum atomic E-state index is 12.3. The third-order valence-electron chi connectivity index (χ3n) is 3.63. The molecule has 122 valence electrons. The van der Waals surface area contributed by atoms with Gasteiger partial charge in [-0.1, -0.05) is 15.9 Å². The average Bonchev–Trinajstić information content (AvgIpc) is 2.58. The first-order valence-electron chi connectivity index (χ1n) is 7.29. The van der Waals surface area contributed by atoms with Gasteiger partial charge >= 0.3 is 0 Å². The summed E-state index contributed by atoms with van der Waals surface area (Å²) in [7, 11) is 1.59. The van der Waals surface area contributed by atoms with Crippen LogP contribution < -0.4 is 15.5 Å². The lowest BCUT2D eigenvalue weighted by molar-refractivity contribution is -0.116. The number of carbonyl (C=O) groups excluding carboxylic acids is 1. The van der Waals surface area contributed by atoms with Gasteiger partial charge in [0.25, 0.3) is 0 Å². The van der Waals surface area contributed by atoms with Crippen LogP contribution in [0.5, 0.6) is 5.75 Å². The zero-order valence-electron chi connectivity index (χ0n) is 13.0. The van der Waals surface area contributed by atoms with Gasteiger partial charge < -0.3 is 14.6 Å². The number of hydrogen-bond donors (Lipinski definition) is 1. The Hall–Kier alpha value is -2.60. The Morgan fingerprint density at radius 3 is 2.62 bits per heavy atom. The monoisotopic (exact) mass is 386 g/mol. The van der Waals surface area contributed by atoms with Crippen molar-refractivity contribution < 1.29 is 9.53 Å². The molecule has 5 nitrogen and oxygen atoms in total. The molecular formula is C18H15BrN2O3. The Bertz CT molecular complexity index is 949. The van der Waals surface area contributed by atoms with Crippen molar-refractivity contribution in [1.29, 1.82) is 0 Å². The molecule has 0 bridgehead atoms. The van der Waals surface area contributed by atoms with Gasteiger partial charge in [-0.15, -0.1) is 0 Å². The molecule has 2 aromatic carbocycles. The van der Waals surface area contributed by atoms with Crippen molar-refractivity contribution in [2.45, 2.75) is 6.54 Å². The van der Waals surface area contributed by atoms with Crippen LogP contribution in [0.1, 0.15) is 0 Å². The number of ether oxygens (including phenoxy) is 1. The number of halogens is 1. The van der Waals surface area contributed by atoms with Crippen LogP contribution in [-0.4, -0.2) is 17.6 Å². The number of aromatic nitrogens is 1. The maximum Gasteiger partial charge on any atom is 0.244 e. The first-order valence-corrected chi connectivity index (χ1v) is 8.09. The predicted molar refractivity (Wildman–Crippen MR) is 97.5 cm³/mol. The van der Waals surface area contributed by atoms with Gasteiger partial charge in [-0.25, -0.2) is 0 Å². The summed E-state index contributed by atoms with van der Waals surface area (Å²) in [5.41, 5.74) is 1.34.